The Labute approximate surface area is 97.5 Å². The lowest BCUT2D eigenvalue weighted by molar-refractivity contribution is -0.140. The summed E-state index contributed by atoms with van der Waals surface area (Å²) in [4.78, 5) is 22.3. The predicted molar refractivity (Wildman–Crippen MR) is 58.8 cm³/mol. The molecule has 1 aromatic carbocycles. The Morgan fingerprint density at radius 3 is 2.59 bits per heavy atom. The van der Waals surface area contributed by atoms with Gasteiger partial charge >= 0.3 is 5.97 Å². The fourth-order valence-corrected chi connectivity index (χ4v) is 1.29. The monoisotopic (exact) mass is 239 g/mol. The number of phenolic OH excluding ortho intramolecular Hbond substituents is 1. The van der Waals surface area contributed by atoms with Crippen LogP contribution in [-0.4, -0.2) is 39.8 Å². The van der Waals surface area contributed by atoms with Crippen LogP contribution in [0.15, 0.2) is 18.2 Å². The molecule has 0 spiro atoms. The number of aliphatic hydroxyl groups excluding tert-OH is 1. The highest BCUT2D eigenvalue weighted by Gasteiger charge is 2.20. The van der Waals surface area contributed by atoms with Gasteiger partial charge in [-0.2, -0.15) is 0 Å². The summed E-state index contributed by atoms with van der Waals surface area (Å²) in [6.07, 6.45) is 0. The molecule has 0 bridgehead atoms. The Kier molecular flexibility index (Phi) is 4.06. The van der Waals surface area contributed by atoms with Gasteiger partial charge in [0.05, 0.1) is 6.61 Å². The number of phenols is 1. The van der Waals surface area contributed by atoms with E-state index in [0.29, 0.717) is 5.56 Å². The van der Waals surface area contributed by atoms with E-state index in [-0.39, 0.29) is 11.3 Å². The maximum absolute atomic E-state index is 11.7. The molecule has 0 heterocycles. The zero-order valence-electron chi connectivity index (χ0n) is 9.17. The molecule has 0 unspecified atom stereocenters. The smallest absolute Gasteiger partial charge is 0.328 e. The summed E-state index contributed by atoms with van der Waals surface area (Å²) in [6.45, 7) is 0.845. The first-order valence-electron chi connectivity index (χ1n) is 4.90. The van der Waals surface area contributed by atoms with Crippen LogP contribution in [0.2, 0.25) is 0 Å². The van der Waals surface area contributed by atoms with Crippen LogP contribution in [0, 0.1) is 6.92 Å². The highest BCUT2D eigenvalue weighted by molar-refractivity contribution is 5.98. The van der Waals surface area contributed by atoms with Gasteiger partial charge in [0.25, 0.3) is 5.91 Å². The standard InChI is InChI=1S/C11H13NO5/c1-6-7(3-2-4-9(6)14)10(15)12-8(5-13)11(16)17/h2-4,8,13-14H,5H2,1H3,(H,12,15)(H,16,17)/t8-/m1/s1. The number of hydrogen-bond acceptors (Lipinski definition) is 4. The minimum Gasteiger partial charge on any atom is -0.508 e. The van der Waals surface area contributed by atoms with Crippen molar-refractivity contribution in [2.45, 2.75) is 13.0 Å². The minimum atomic E-state index is -1.36. The Hall–Kier alpha value is -2.08. The summed E-state index contributed by atoms with van der Waals surface area (Å²) in [5, 5.41) is 29.0. The number of aromatic hydroxyl groups is 1. The van der Waals surface area contributed by atoms with Gasteiger partial charge in [-0.1, -0.05) is 6.07 Å². The van der Waals surface area contributed by atoms with E-state index in [1.54, 1.807) is 6.92 Å². The van der Waals surface area contributed by atoms with E-state index < -0.39 is 24.5 Å². The van der Waals surface area contributed by atoms with E-state index >= 15 is 0 Å². The molecule has 0 saturated heterocycles. The van der Waals surface area contributed by atoms with E-state index in [4.69, 9.17) is 10.2 Å². The lowest BCUT2D eigenvalue weighted by Gasteiger charge is -2.13. The summed E-state index contributed by atoms with van der Waals surface area (Å²) < 4.78 is 0. The summed E-state index contributed by atoms with van der Waals surface area (Å²) in [6, 6.07) is 3.00. The first-order valence-corrected chi connectivity index (χ1v) is 4.90. The molecule has 92 valence electrons. The Morgan fingerprint density at radius 2 is 2.06 bits per heavy atom. The molecule has 0 aliphatic carbocycles. The quantitative estimate of drug-likeness (QED) is 0.585. The Balaban J connectivity index is 2.90. The topological polar surface area (TPSA) is 107 Å². The highest BCUT2D eigenvalue weighted by Crippen LogP contribution is 2.19. The molecule has 6 nitrogen and oxygen atoms in total. The molecular weight excluding hydrogens is 226 g/mol. The van der Waals surface area contributed by atoms with Gasteiger partial charge in [0.2, 0.25) is 0 Å². The van der Waals surface area contributed by atoms with Crippen LogP contribution in [-0.2, 0) is 4.79 Å². The van der Waals surface area contributed by atoms with Crippen LogP contribution in [0.4, 0.5) is 0 Å². The van der Waals surface area contributed by atoms with E-state index in [9.17, 15) is 14.7 Å². The van der Waals surface area contributed by atoms with Crippen LogP contribution < -0.4 is 5.32 Å². The third kappa shape index (κ3) is 2.94. The van der Waals surface area contributed by atoms with Gasteiger partial charge < -0.3 is 20.6 Å². The van der Waals surface area contributed by atoms with Crippen LogP contribution in [0.5, 0.6) is 5.75 Å². The molecule has 1 aromatic rings. The summed E-state index contributed by atoms with van der Waals surface area (Å²) in [5.41, 5.74) is 0.525. The number of carbonyl (C=O) groups excluding carboxylic acids is 1. The van der Waals surface area contributed by atoms with Crippen LogP contribution in [0.1, 0.15) is 15.9 Å². The number of carboxylic acids is 1. The first kappa shape index (κ1) is 13.0. The average molecular weight is 239 g/mol. The van der Waals surface area contributed by atoms with Crippen LogP contribution >= 0.6 is 0 Å². The zero-order chi connectivity index (χ0) is 13.0. The number of aliphatic carboxylic acids is 1. The molecule has 0 saturated carbocycles. The average Bonchev–Trinajstić information content (AvgIpc) is 2.28. The van der Waals surface area contributed by atoms with Crippen LogP contribution in [0.3, 0.4) is 0 Å². The molecule has 0 aliphatic heterocycles. The summed E-state index contributed by atoms with van der Waals surface area (Å²) in [5.74, 6) is -2.02. The molecule has 1 atom stereocenters. The molecule has 0 radical (unpaired) electrons. The van der Waals surface area contributed by atoms with Crippen molar-refractivity contribution in [3.8, 4) is 5.75 Å². The number of carbonyl (C=O) groups is 2. The molecule has 6 heteroatoms. The van der Waals surface area contributed by atoms with Gasteiger partial charge in [-0.05, 0) is 19.1 Å². The van der Waals surface area contributed by atoms with E-state index in [1.807, 2.05) is 0 Å². The van der Waals surface area contributed by atoms with Gasteiger partial charge in [0, 0.05) is 11.1 Å². The first-order chi connectivity index (χ1) is 7.97. The molecule has 1 rings (SSSR count). The van der Waals surface area contributed by atoms with Crippen LogP contribution in [0.25, 0.3) is 0 Å². The number of carboxylic acid groups (broad SMARTS) is 1. The number of benzene rings is 1. The third-order valence-corrected chi connectivity index (χ3v) is 2.34. The molecule has 0 aromatic heterocycles. The van der Waals surface area contributed by atoms with E-state index in [1.165, 1.54) is 18.2 Å². The van der Waals surface area contributed by atoms with E-state index in [0.717, 1.165) is 0 Å². The maximum atomic E-state index is 11.7. The van der Waals surface area contributed by atoms with E-state index in [2.05, 4.69) is 5.32 Å². The van der Waals surface area contributed by atoms with Crippen molar-refractivity contribution in [1.82, 2.24) is 5.32 Å². The molecule has 17 heavy (non-hydrogen) atoms. The minimum absolute atomic E-state index is 0.0477. The predicted octanol–water partition coefficient (Wildman–Crippen LogP) is -0.124. The fraction of sp³-hybridized carbons (Fsp3) is 0.273. The number of nitrogens with one attached hydrogen (secondary N) is 1. The molecule has 1 amide bonds. The van der Waals surface area contributed by atoms with Crippen molar-refractivity contribution >= 4 is 11.9 Å². The largest absolute Gasteiger partial charge is 0.508 e. The highest BCUT2D eigenvalue weighted by atomic mass is 16.4. The fourth-order valence-electron chi connectivity index (χ4n) is 1.29. The summed E-state index contributed by atoms with van der Waals surface area (Å²) in [7, 11) is 0. The normalized spacial score (nSPS) is 11.9. The second kappa shape index (κ2) is 5.31. The molecule has 0 fully saturated rings. The van der Waals surface area contributed by atoms with Crippen molar-refractivity contribution in [3.63, 3.8) is 0 Å². The van der Waals surface area contributed by atoms with Gasteiger partial charge in [-0.25, -0.2) is 4.79 Å². The van der Waals surface area contributed by atoms with Gasteiger partial charge in [-0.15, -0.1) is 0 Å². The second-order valence-corrected chi connectivity index (χ2v) is 3.50. The van der Waals surface area contributed by atoms with Crippen molar-refractivity contribution < 1.29 is 24.9 Å². The molecule has 4 N–H and O–H groups in total. The number of aliphatic hydroxyl groups is 1. The Bertz CT molecular complexity index is 443. The zero-order valence-corrected chi connectivity index (χ0v) is 9.17. The molecular formula is C11H13NO5. The van der Waals surface area contributed by atoms with Gasteiger partial charge in [0.1, 0.15) is 5.75 Å². The lowest BCUT2D eigenvalue weighted by atomic mass is 10.1. The van der Waals surface area contributed by atoms with Crippen molar-refractivity contribution in [2.24, 2.45) is 0 Å². The Morgan fingerprint density at radius 1 is 1.41 bits per heavy atom. The number of amides is 1. The maximum Gasteiger partial charge on any atom is 0.328 e. The molecule has 0 aliphatic rings. The van der Waals surface area contributed by atoms with Gasteiger partial charge in [-0.3, -0.25) is 4.79 Å². The van der Waals surface area contributed by atoms with Crippen molar-refractivity contribution in [3.05, 3.63) is 29.3 Å². The summed E-state index contributed by atoms with van der Waals surface area (Å²) >= 11 is 0. The van der Waals surface area contributed by atoms with Gasteiger partial charge in [0.15, 0.2) is 6.04 Å². The van der Waals surface area contributed by atoms with Crippen molar-refractivity contribution in [2.75, 3.05) is 6.61 Å². The SMILES string of the molecule is Cc1c(O)cccc1C(=O)N[C@H](CO)C(=O)O. The number of hydrogen-bond donors (Lipinski definition) is 4. The third-order valence-electron chi connectivity index (χ3n) is 2.34. The second-order valence-electron chi connectivity index (χ2n) is 3.50. The van der Waals surface area contributed by atoms with Crippen molar-refractivity contribution in [1.29, 1.82) is 0 Å². The number of rotatable bonds is 4. The lowest BCUT2D eigenvalue weighted by Crippen LogP contribution is -2.43.